The van der Waals surface area contributed by atoms with Gasteiger partial charge in [0.2, 0.25) is 5.91 Å². The van der Waals surface area contributed by atoms with E-state index in [4.69, 9.17) is 4.74 Å². The number of hydrogen-bond donors (Lipinski definition) is 2. The quantitative estimate of drug-likeness (QED) is 0.814. The number of amides is 2. The van der Waals surface area contributed by atoms with Gasteiger partial charge in [-0.05, 0) is 24.6 Å². The van der Waals surface area contributed by atoms with Crippen molar-refractivity contribution < 1.29 is 19.4 Å². The molecule has 6 heteroatoms. The van der Waals surface area contributed by atoms with Crippen LogP contribution < -0.4 is 10.1 Å². The summed E-state index contributed by atoms with van der Waals surface area (Å²) in [5.74, 6) is -0.254. The van der Waals surface area contributed by atoms with Crippen molar-refractivity contribution in [2.75, 3.05) is 33.4 Å². The number of carbonyl (C=O) groups is 2. The molecule has 0 radical (unpaired) electrons. The fourth-order valence-corrected chi connectivity index (χ4v) is 2.68. The van der Waals surface area contributed by atoms with Gasteiger partial charge in [0.05, 0.1) is 5.92 Å². The number of aliphatic hydroxyl groups is 1. The standard InChI is InChI=1S/C16H22N2O4/c1-11-4-3-5-13(6-11)22-10-15(20)18-7-12(9-19)14(8-18)16(21)17-2/h3-6,12,14,19H,7-10H2,1-2H3,(H,17,21)/t12-,14+/m0/s1. The highest BCUT2D eigenvalue weighted by atomic mass is 16.5. The average molecular weight is 306 g/mol. The number of nitrogens with one attached hydrogen (secondary N) is 1. The van der Waals surface area contributed by atoms with E-state index in [0.717, 1.165) is 5.56 Å². The van der Waals surface area contributed by atoms with Crippen LogP contribution in [0, 0.1) is 18.8 Å². The van der Waals surface area contributed by atoms with Gasteiger partial charge in [0, 0.05) is 32.7 Å². The van der Waals surface area contributed by atoms with E-state index in [9.17, 15) is 14.7 Å². The van der Waals surface area contributed by atoms with Gasteiger partial charge in [-0.15, -0.1) is 0 Å². The lowest BCUT2D eigenvalue weighted by molar-refractivity contribution is -0.132. The normalized spacial score (nSPS) is 20.8. The minimum atomic E-state index is -0.363. The van der Waals surface area contributed by atoms with Crippen molar-refractivity contribution in [1.82, 2.24) is 10.2 Å². The summed E-state index contributed by atoms with van der Waals surface area (Å²) in [6.45, 7) is 2.48. The number of benzene rings is 1. The Labute approximate surface area is 130 Å². The molecule has 6 nitrogen and oxygen atoms in total. The number of carbonyl (C=O) groups excluding carboxylic acids is 2. The zero-order valence-corrected chi connectivity index (χ0v) is 12.9. The van der Waals surface area contributed by atoms with Crippen molar-refractivity contribution in [3.8, 4) is 5.75 Å². The Morgan fingerprint density at radius 2 is 2.18 bits per heavy atom. The molecule has 2 atom stereocenters. The molecule has 0 unspecified atom stereocenters. The van der Waals surface area contributed by atoms with Gasteiger partial charge in [-0.1, -0.05) is 12.1 Å². The van der Waals surface area contributed by atoms with Crippen LogP contribution in [-0.2, 0) is 9.59 Å². The van der Waals surface area contributed by atoms with Crippen molar-refractivity contribution in [2.24, 2.45) is 11.8 Å². The third kappa shape index (κ3) is 3.76. The molecule has 1 aliphatic rings. The largest absolute Gasteiger partial charge is 0.484 e. The van der Waals surface area contributed by atoms with Gasteiger partial charge in [-0.3, -0.25) is 9.59 Å². The van der Waals surface area contributed by atoms with Crippen LogP contribution in [0.1, 0.15) is 5.56 Å². The Morgan fingerprint density at radius 1 is 1.41 bits per heavy atom. The maximum atomic E-state index is 12.2. The first-order valence-corrected chi connectivity index (χ1v) is 7.35. The molecule has 1 saturated heterocycles. The van der Waals surface area contributed by atoms with E-state index in [1.165, 1.54) is 0 Å². The molecule has 0 bridgehead atoms. The van der Waals surface area contributed by atoms with E-state index < -0.39 is 0 Å². The van der Waals surface area contributed by atoms with E-state index >= 15 is 0 Å². The first-order valence-electron chi connectivity index (χ1n) is 7.35. The summed E-state index contributed by atoms with van der Waals surface area (Å²) in [6, 6.07) is 7.48. The van der Waals surface area contributed by atoms with Crippen LogP contribution in [0.5, 0.6) is 5.75 Å². The van der Waals surface area contributed by atoms with Crippen LogP contribution in [0.2, 0.25) is 0 Å². The second-order valence-corrected chi connectivity index (χ2v) is 5.57. The van der Waals surface area contributed by atoms with E-state index in [1.807, 2.05) is 25.1 Å². The Morgan fingerprint density at radius 3 is 2.82 bits per heavy atom. The van der Waals surface area contributed by atoms with Crippen molar-refractivity contribution >= 4 is 11.8 Å². The molecule has 120 valence electrons. The SMILES string of the molecule is CNC(=O)[C@@H]1CN(C(=O)COc2cccc(C)c2)C[C@H]1CO. The molecular formula is C16H22N2O4. The van der Waals surface area contributed by atoms with Crippen LogP contribution in [0.15, 0.2) is 24.3 Å². The lowest BCUT2D eigenvalue weighted by Gasteiger charge is -2.16. The summed E-state index contributed by atoms with van der Waals surface area (Å²) < 4.78 is 5.50. The smallest absolute Gasteiger partial charge is 0.260 e. The van der Waals surface area contributed by atoms with Crippen molar-refractivity contribution in [1.29, 1.82) is 0 Å². The average Bonchev–Trinajstić information content (AvgIpc) is 2.96. The Bertz CT molecular complexity index is 547. The van der Waals surface area contributed by atoms with Gasteiger partial charge in [0.25, 0.3) is 5.91 Å². The van der Waals surface area contributed by atoms with Crippen molar-refractivity contribution in [2.45, 2.75) is 6.92 Å². The van der Waals surface area contributed by atoms with E-state index in [2.05, 4.69) is 5.32 Å². The number of hydrogen-bond acceptors (Lipinski definition) is 4. The lowest BCUT2D eigenvalue weighted by atomic mass is 9.96. The fourth-order valence-electron chi connectivity index (χ4n) is 2.68. The summed E-state index contributed by atoms with van der Waals surface area (Å²) in [6.07, 6.45) is 0. The van der Waals surface area contributed by atoms with Crippen LogP contribution >= 0.6 is 0 Å². The highest BCUT2D eigenvalue weighted by Gasteiger charge is 2.38. The summed E-state index contributed by atoms with van der Waals surface area (Å²) >= 11 is 0. The van der Waals surface area contributed by atoms with Crippen LogP contribution in [0.25, 0.3) is 0 Å². The molecule has 2 amide bonds. The third-order valence-corrected chi connectivity index (χ3v) is 3.96. The monoisotopic (exact) mass is 306 g/mol. The van der Waals surface area contributed by atoms with Gasteiger partial charge in [0.1, 0.15) is 5.75 Å². The minimum Gasteiger partial charge on any atom is -0.484 e. The highest BCUT2D eigenvalue weighted by Crippen LogP contribution is 2.23. The molecule has 0 spiro atoms. The van der Waals surface area contributed by atoms with Crippen LogP contribution in [0.4, 0.5) is 0 Å². The molecule has 2 N–H and O–H groups in total. The summed E-state index contributed by atoms with van der Waals surface area (Å²) in [5, 5.41) is 11.9. The number of ether oxygens (including phenoxy) is 1. The molecule has 0 aromatic heterocycles. The number of aryl methyl sites for hydroxylation is 1. The zero-order chi connectivity index (χ0) is 16.1. The molecular weight excluding hydrogens is 284 g/mol. The first-order chi connectivity index (χ1) is 10.5. The third-order valence-electron chi connectivity index (χ3n) is 3.96. The van der Waals surface area contributed by atoms with Gasteiger partial charge >= 0.3 is 0 Å². The molecule has 1 aromatic carbocycles. The first kappa shape index (κ1) is 16.3. The second kappa shape index (κ2) is 7.26. The maximum absolute atomic E-state index is 12.2. The maximum Gasteiger partial charge on any atom is 0.260 e. The molecule has 1 fully saturated rings. The van der Waals surface area contributed by atoms with Crippen LogP contribution in [0.3, 0.4) is 0 Å². The topological polar surface area (TPSA) is 78.9 Å². The summed E-state index contributed by atoms with van der Waals surface area (Å²) in [5.41, 5.74) is 1.06. The van der Waals surface area contributed by atoms with Gasteiger partial charge in [-0.25, -0.2) is 0 Å². The minimum absolute atomic E-state index is 0.0674. The molecule has 0 aliphatic carbocycles. The van der Waals surface area contributed by atoms with E-state index in [-0.39, 0.29) is 36.9 Å². The number of rotatable bonds is 5. The molecule has 1 aromatic rings. The van der Waals surface area contributed by atoms with E-state index in [0.29, 0.717) is 18.8 Å². The molecule has 1 aliphatic heterocycles. The van der Waals surface area contributed by atoms with Crippen LogP contribution in [-0.4, -0.2) is 55.2 Å². The second-order valence-electron chi connectivity index (χ2n) is 5.57. The van der Waals surface area contributed by atoms with Crippen molar-refractivity contribution in [3.05, 3.63) is 29.8 Å². The Hall–Kier alpha value is -2.08. The summed E-state index contributed by atoms with van der Waals surface area (Å²) in [7, 11) is 1.56. The Kier molecular flexibility index (Phi) is 5.38. The highest BCUT2D eigenvalue weighted by molar-refractivity contribution is 5.83. The van der Waals surface area contributed by atoms with Gasteiger partial charge < -0.3 is 20.1 Å². The van der Waals surface area contributed by atoms with Crippen molar-refractivity contribution in [3.63, 3.8) is 0 Å². The molecule has 0 saturated carbocycles. The van der Waals surface area contributed by atoms with Gasteiger partial charge in [0.15, 0.2) is 6.61 Å². The molecule has 1 heterocycles. The van der Waals surface area contributed by atoms with E-state index in [1.54, 1.807) is 18.0 Å². The predicted octanol–water partition coefficient (Wildman–Crippen LogP) is 0.187. The van der Waals surface area contributed by atoms with Gasteiger partial charge in [-0.2, -0.15) is 0 Å². The predicted molar refractivity (Wildman–Crippen MR) is 81.4 cm³/mol. The number of likely N-dealkylation sites (tertiary alicyclic amines) is 1. The Balaban J connectivity index is 1.92. The number of nitrogens with zero attached hydrogens (tertiary/aromatic N) is 1. The molecule has 22 heavy (non-hydrogen) atoms. The summed E-state index contributed by atoms with van der Waals surface area (Å²) in [4.78, 5) is 25.6. The lowest BCUT2D eigenvalue weighted by Crippen LogP contribution is -2.35. The number of aliphatic hydroxyl groups excluding tert-OH is 1. The fraction of sp³-hybridized carbons (Fsp3) is 0.500. The molecule has 2 rings (SSSR count). The zero-order valence-electron chi connectivity index (χ0n) is 12.9.